The molecule has 1 nitrogen and oxygen atoms in total. The van der Waals surface area contributed by atoms with Gasteiger partial charge in [-0.05, 0) is 66.7 Å². The second-order valence-corrected chi connectivity index (χ2v) is 7.72. The molecule has 0 aromatic rings. The van der Waals surface area contributed by atoms with E-state index in [1.54, 1.807) is 11.8 Å². The van der Waals surface area contributed by atoms with Gasteiger partial charge >= 0.3 is 0 Å². The molecule has 0 heterocycles. The van der Waals surface area contributed by atoms with Crippen LogP contribution in [0.4, 0.5) is 0 Å². The van der Waals surface area contributed by atoms with Crippen molar-refractivity contribution in [1.29, 1.82) is 0 Å². The molecule has 0 amide bonds. The third-order valence-corrected chi connectivity index (χ3v) is 6.67. The molecule has 3 saturated carbocycles. The number of halogens is 1. The average Bonchev–Trinajstić information content (AvgIpc) is 2.25. The number of fused-ring (bicyclic) bond motifs is 2. The topological polar surface area (TPSA) is 17.1 Å². The van der Waals surface area contributed by atoms with Crippen molar-refractivity contribution in [3.63, 3.8) is 0 Å². The van der Waals surface area contributed by atoms with Gasteiger partial charge in [-0.2, -0.15) is 0 Å². The van der Waals surface area contributed by atoms with Crippen molar-refractivity contribution in [2.45, 2.75) is 45.3 Å². The summed E-state index contributed by atoms with van der Waals surface area (Å²) in [7, 11) is 0. The van der Waals surface area contributed by atoms with Gasteiger partial charge in [0.15, 0.2) is 0 Å². The van der Waals surface area contributed by atoms with Crippen LogP contribution in [-0.2, 0) is 4.79 Å². The van der Waals surface area contributed by atoms with Crippen LogP contribution in [-0.4, -0.2) is 16.2 Å². The second kappa shape index (κ2) is 4.53. The maximum Gasteiger partial charge on any atom is 0.234 e. The van der Waals surface area contributed by atoms with Crippen LogP contribution < -0.4 is 0 Å². The van der Waals surface area contributed by atoms with E-state index in [1.807, 2.05) is 6.92 Å². The average molecular weight is 261 g/mol. The van der Waals surface area contributed by atoms with Gasteiger partial charge in [0.25, 0.3) is 0 Å². The number of carbonyl (C=O) groups is 1. The first-order valence-corrected chi connectivity index (χ1v) is 7.66. The second-order valence-electron chi connectivity index (χ2n) is 5.98. The molecule has 0 spiro atoms. The highest BCUT2D eigenvalue weighted by atomic mass is 35.5. The van der Waals surface area contributed by atoms with Crippen LogP contribution in [0.1, 0.15) is 40.0 Å². The van der Waals surface area contributed by atoms with Crippen molar-refractivity contribution in [2.24, 2.45) is 23.2 Å². The molecule has 0 aromatic carbocycles. The zero-order chi connectivity index (χ0) is 11.9. The Morgan fingerprint density at radius 2 is 2.19 bits per heavy atom. The highest BCUT2D eigenvalue weighted by molar-refractivity contribution is 8.00. The minimum Gasteiger partial charge on any atom is -0.280 e. The maximum absolute atomic E-state index is 11.0. The number of rotatable bonds is 4. The Labute approximate surface area is 108 Å². The normalized spacial score (nSPS) is 37.6. The van der Waals surface area contributed by atoms with Crippen molar-refractivity contribution >= 4 is 28.6 Å². The molecule has 2 bridgehead atoms. The minimum absolute atomic E-state index is 0.0393. The fourth-order valence-electron chi connectivity index (χ4n) is 3.50. The minimum atomic E-state index is -0.202. The molecule has 0 N–H and O–H groups in total. The number of thioether (sulfide) groups is 1. The highest BCUT2D eigenvalue weighted by Crippen LogP contribution is 2.61. The number of hydrogen-bond donors (Lipinski definition) is 0. The molecule has 92 valence electrons. The Balaban J connectivity index is 1.85. The first-order valence-electron chi connectivity index (χ1n) is 6.24. The fraction of sp³-hybridized carbons (Fsp3) is 0.923. The van der Waals surface area contributed by atoms with E-state index in [0.717, 1.165) is 23.5 Å². The summed E-state index contributed by atoms with van der Waals surface area (Å²) in [4.78, 5) is 11.0. The van der Waals surface area contributed by atoms with Gasteiger partial charge in [0, 0.05) is 0 Å². The Morgan fingerprint density at radius 3 is 2.69 bits per heavy atom. The van der Waals surface area contributed by atoms with E-state index < -0.39 is 0 Å². The zero-order valence-electron chi connectivity index (χ0n) is 10.3. The molecular weight excluding hydrogens is 240 g/mol. The van der Waals surface area contributed by atoms with Gasteiger partial charge in [0.05, 0.1) is 5.25 Å². The molecule has 3 aliphatic rings. The summed E-state index contributed by atoms with van der Waals surface area (Å²) in [6.45, 7) is 6.75. The van der Waals surface area contributed by atoms with Gasteiger partial charge in [0.1, 0.15) is 0 Å². The van der Waals surface area contributed by atoms with Crippen molar-refractivity contribution in [1.82, 2.24) is 0 Å². The molecule has 0 aromatic heterocycles. The molecule has 3 heteroatoms. The van der Waals surface area contributed by atoms with Gasteiger partial charge < -0.3 is 0 Å². The highest BCUT2D eigenvalue weighted by Gasteiger charge is 2.53. The summed E-state index contributed by atoms with van der Waals surface area (Å²) >= 11 is 7.23. The standard InChI is InChI=1S/C13H21ClOS/c1-8(12(14)15)16-7-9-4-5-10-6-11(9)13(10,2)3/h8-11H,4-7H2,1-3H3/t8?,9-,10-,11+/m0/s1. The van der Waals surface area contributed by atoms with Crippen LogP contribution in [0.5, 0.6) is 0 Å². The predicted octanol–water partition coefficient (Wildman–Crippen LogP) is 3.95. The Kier molecular flexibility index (Phi) is 3.61. The van der Waals surface area contributed by atoms with Crippen LogP contribution >= 0.6 is 23.4 Å². The van der Waals surface area contributed by atoms with Gasteiger partial charge in [-0.3, -0.25) is 4.79 Å². The van der Waals surface area contributed by atoms with E-state index in [1.165, 1.54) is 19.3 Å². The molecule has 3 aliphatic carbocycles. The Bertz CT molecular complexity index is 288. The lowest BCUT2D eigenvalue weighted by atomic mass is 9.46. The number of hydrogen-bond acceptors (Lipinski definition) is 2. The van der Waals surface area contributed by atoms with E-state index in [9.17, 15) is 4.79 Å². The lowest BCUT2D eigenvalue weighted by molar-refractivity contribution is -0.111. The van der Waals surface area contributed by atoms with E-state index in [0.29, 0.717) is 5.41 Å². The molecule has 0 radical (unpaired) electrons. The lowest BCUT2D eigenvalue weighted by Crippen LogP contribution is -2.53. The summed E-state index contributed by atoms with van der Waals surface area (Å²) in [5.41, 5.74) is 0.553. The lowest BCUT2D eigenvalue weighted by Gasteiger charge is -2.60. The van der Waals surface area contributed by atoms with E-state index in [4.69, 9.17) is 11.6 Å². The van der Waals surface area contributed by atoms with E-state index >= 15 is 0 Å². The smallest absolute Gasteiger partial charge is 0.234 e. The van der Waals surface area contributed by atoms with Crippen LogP contribution in [0, 0.1) is 23.2 Å². The third kappa shape index (κ3) is 2.15. The quantitative estimate of drug-likeness (QED) is 0.712. The molecule has 0 saturated heterocycles. The summed E-state index contributed by atoms with van der Waals surface area (Å²) in [6, 6.07) is 0. The first-order chi connectivity index (χ1) is 7.43. The van der Waals surface area contributed by atoms with Gasteiger partial charge in [-0.25, -0.2) is 0 Å². The van der Waals surface area contributed by atoms with Crippen molar-refractivity contribution in [3.8, 4) is 0 Å². The Hall–Kier alpha value is 0.310. The first kappa shape index (κ1) is 12.8. The maximum atomic E-state index is 11.0. The monoisotopic (exact) mass is 260 g/mol. The summed E-state index contributed by atoms with van der Waals surface area (Å²) in [5, 5.41) is -0.242. The molecule has 4 atom stereocenters. The van der Waals surface area contributed by atoms with Crippen LogP contribution in [0.3, 0.4) is 0 Å². The van der Waals surface area contributed by atoms with Crippen LogP contribution in [0.2, 0.25) is 0 Å². The van der Waals surface area contributed by atoms with Gasteiger partial charge in [-0.15, -0.1) is 11.8 Å². The predicted molar refractivity (Wildman–Crippen MR) is 70.9 cm³/mol. The van der Waals surface area contributed by atoms with E-state index in [-0.39, 0.29) is 10.5 Å². The fourth-order valence-corrected chi connectivity index (χ4v) is 4.75. The molecule has 1 unspecified atom stereocenters. The summed E-state index contributed by atoms with van der Waals surface area (Å²) in [5.74, 6) is 3.77. The zero-order valence-corrected chi connectivity index (χ0v) is 11.9. The van der Waals surface area contributed by atoms with Crippen molar-refractivity contribution in [2.75, 3.05) is 5.75 Å². The largest absolute Gasteiger partial charge is 0.280 e. The van der Waals surface area contributed by atoms with Crippen molar-refractivity contribution in [3.05, 3.63) is 0 Å². The van der Waals surface area contributed by atoms with Gasteiger partial charge in [-0.1, -0.05) is 13.8 Å². The molecular formula is C13H21ClOS. The molecule has 0 aliphatic heterocycles. The summed E-state index contributed by atoms with van der Waals surface area (Å²) in [6.07, 6.45) is 4.16. The Morgan fingerprint density at radius 1 is 1.50 bits per heavy atom. The third-order valence-electron chi connectivity index (χ3n) is 4.88. The number of carbonyl (C=O) groups excluding carboxylic acids is 1. The molecule has 3 fully saturated rings. The van der Waals surface area contributed by atoms with E-state index in [2.05, 4.69) is 13.8 Å². The van der Waals surface area contributed by atoms with Crippen LogP contribution in [0.25, 0.3) is 0 Å². The molecule has 3 rings (SSSR count). The van der Waals surface area contributed by atoms with Crippen LogP contribution in [0.15, 0.2) is 0 Å². The SMILES string of the molecule is CC(SC[C@@H]1CC[C@H]2C[C@H]1C2(C)C)C(=O)Cl. The van der Waals surface area contributed by atoms with Gasteiger partial charge in [0.2, 0.25) is 5.24 Å². The van der Waals surface area contributed by atoms with Crippen molar-refractivity contribution < 1.29 is 4.79 Å². The molecule has 16 heavy (non-hydrogen) atoms. The summed E-state index contributed by atoms with van der Waals surface area (Å²) < 4.78 is 0.